The van der Waals surface area contributed by atoms with Crippen LogP contribution in [0.5, 0.6) is 0 Å². The molecule has 0 bridgehead atoms. The Morgan fingerprint density at radius 1 is 1.43 bits per heavy atom. The molecule has 1 heterocycles. The Bertz CT molecular complexity index is 548. The van der Waals surface area contributed by atoms with Crippen LogP contribution in [0, 0.1) is 6.92 Å². The molecule has 1 aromatic rings. The molecular weight excluding hydrogens is 336 g/mol. The molecule has 5 nitrogen and oxygen atoms in total. The second-order valence-corrected chi connectivity index (χ2v) is 6.19. The maximum absolute atomic E-state index is 12.4. The van der Waals surface area contributed by atoms with Crippen LogP contribution >= 0.6 is 15.9 Å². The SMILES string of the molecule is Cc1ccc(NC(=O)N2CCCCC2CC(=O)O)cc1Br. The van der Waals surface area contributed by atoms with Gasteiger partial charge in [-0.1, -0.05) is 22.0 Å². The zero-order valence-electron chi connectivity index (χ0n) is 11.9. The molecule has 1 atom stereocenters. The number of aliphatic carboxylic acids is 1. The number of carboxylic acids is 1. The Hall–Kier alpha value is -1.56. The number of carbonyl (C=O) groups excluding carboxylic acids is 1. The average molecular weight is 355 g/mol. The van der Waals surface area contributed by atoms with Gasteiger partial charge >= 0.3 is 12.0 Å². The van der Waals surface area contributed by atoms with Crippen molar-refractivity contribution in [1.82, 2.24) is 4.90 Å². The fraction of sp³-hybridized carbons (Fsp3) is 0.467. The molecule has 0 radical (unpaired) electrons. The van der Waals surface area contributed by atoms with E-state index in [2.05, 4.69) is 21.2 Å². The van der Waals surface area contributed by atoms with E-state index >= 15 is 0 Å². The summed E-state index contributed by atoms with van der Waals surface area (Å²) in [6, 6.07) is 5.17. The maximum atomic E-state index is 12.4. The third-order valence-electron chi connectivity index (χ3n) is 3.72. The number of nitrogens with one attached hydrogen (secondary N) is 1. The molecule has 2 N–H and O–H groups in total. The number of rotatable bonds is 3. The van der Waals surface area contributed by atoms with Gasteiger partial charge in [0.1, 0.15) is 0 Å². The van der Waals surface area contributed by atoms with Crippen molar-refractivity contribution in [2.45, 2.75) is 38.6 Å². The van der Waals surface area contributed by atoms with Gasteiger partial charge in [-0.3, -0.25) is 4.79 Å². The van der Waals surface area contributed by atoms with E-state index in [0.29, 0.717) is 12.2 Å². The number of carbonyl (C=O) groups is 2. The van der Waals surface area contributed by atoms with Crippen molar-refractivity contribution >= 4 is 33.6 Å². The van der Waals surface area contributed by atoms with Crippen molar-refractivity contribution in [3.05, 3.63) is 28.2 Å². The second kappa shape index (κ2) is 6.93. The minimum atomic E-state index is -0.863. The van der Waals surface area contributed by atoms with Crippen molar-refractivity contribution in [1.29, 1.82) is 0 Å². The molecule has 21 heavy (non-hydrogen) atoms. The highest BCUT2D eigenvalue weighted by molar-refractivity contribution is 9.10. The third kappa shape index (κ3) is 4.20. The molecule has 114 valence electrons. The van der Waals surface area contributed by atoms with Crippen LogP contribution in [0.15, 0.2) is 22.7 Å². The fourth-order valence-electron chi connectivity index (χ4n) is 2.55. The van der Waals surface area contributed by atoms with Gasteiger partial charge in [-0.05, 0) is 43.9 Å². The van der Waals surface area contributed by atoms with E-state index in [1.54, 1.807) is 4.90 Å². The molecule has 1 saturated heterocycles. The fourth-order valence-corrected chi connectivity index (χ4v) is 2.93. The van der Waals surface area contributed by atoms with Crippen LogP contribution in [0.3, 0.4) is 0 Å². The lowest BCUT2D eigenvalue weighted by Crippen LogP contribution is -2.46. The molecule has 6 heteroatoms. The lowest BCUT2D eigenvalue weighted by atomic mass is 10.00. The molecule has 0 spiro atoms. The number of anilines is 1. The van der Waals surface area contributed by atoms with E-state index in [1.165, 1.54) is 0 Å². The summed E-state index contributed by atoms with van der Waals surface area (Å²) >= 11 is 3.43. The van der Waals surface area contributed by atoms with E-state index in [9.17, 15) is 9.59 Å². The molecule has 1 unspecified atom stereocenters. The predicted molar refractivity (Wildman–Crippen MR) is 84.5 cm³/mol. The van der Waals surface area contributed by atoms with E-state index in [4.69, 9.17) is 5.11 Å². The van der Waals surface area contributed by atoms with Crippen molar-refractivity contribution < 1.29 is 14.7 Å². The third-order valence-corrected chi connectivity index (χ3v) is 4.58. The molecule has 2 rings (SSSR count). The van der Waals surface area contributed by atoms with E-state index in [-0.39, 0.29) is 18.5 Å². The van der Waals surface area contributed by atoms with Gasteiger partial charge in [-0.15, -0.1) is 0 Å². The van der Waals surface area contributed by atoms with Gasteiger partial charge in [0.25, 0.3) is 0 Å². The number of halogens is 1. The summed E-state index contributed by atoms with van der Waals surface area (Å²) in [5, 5.41) is 11.8. The number of nitrogens with zero attached hydrogens (tertiary/aromatic N) is 1. The van der Waals surface area contributed by atoms with Crippen LogP contribution in [-0.2, 0) is 4.79 Å². The quantitative estimate of drug-likeness (QED) is 0.870. The summed E-state index contributed by atoms with van der Waals surface area (Å²) in [5.41, 5.74) is 1.80. The number of benzene rings is 1. The van der Waals surface area contributed by atoms with Crippen LogP contribution < -0.4 is 5.32 Å². The minimum absolute atomic E-state index is 0.00497. The number of amides is 2. The van der Waals surface area contributed by atoms with Crippen molar-refractivity contribution in [3.8, 4) is 0 Å². The monoisotopic (exact) mass is 354 g/mol. The summed E-state index contributed by atoms with van der Waals surface area (Å²) in [5.74, 6) is -0.863. The molecular formula is C15H19BrN2O3. The van der Waals surface area contributed by atoms with Crippen LogP contribution in [0.25, 0.3) is 0 Å². The number of likely N-dealkylation sites (tertiary alicyclic amines) is 1. The molecule has 0 saturated carbocycles. The second-order valence-electron chi connectivity index (χ2n) is 5.33. The van der Waals surface area contributed by atoms with Gasteiger partial charge in [0.2, 0.25) is 0 Å². The Morgan fingerprint density at radius 3 is 2.86 bits per heavy atom. The van der Waals surface area contributed by atoms with E-state index < -0.39 is 5.97 Å². The first-order valence-electron chi connectivity index (χ1n) is 7.03. The first kappa shape index (κ1) is 15.8. The Kier molecular flexibility index (Phi) is 5.22. The number of piperidine rings is 1. The van der Waals surface area contributed by atoms with Gasteiger partial charge in [0, 0.05) is 22.7 Å². The van der Waals surface area contributed by atoms with Crippen molar-refractivity contribution in [3.63, 3.8) is 0 Å². The van der Waals surface area contributed by atoms with Gasteiger partial charge < -0.3 is 15.3 Å². The predicted octanol–water partition coefficient (Wildman–Crippen LogP) is 3.62. The Balaban J connectivity index is 2.06. The first-order valence-corrected chi connectivity index (χ1v) is 7.82. The van der Waals surface area contributed by atoms with Gasteiger partial charge in [-0.2, -0.15) is 0 Å². The number of hydrogen-bond acceptors (Lipinski definition) is 2. The van der Waals surface area contributed by atoms with Crippen LogP contribution in [0.4, 0.5) is 10.5 Å². The van der Waals surface area contributed by atoms with Crippen LogP contribution in [-0.4, -0.2) is 34.6 Å². The van der Waals surface area contributed by atoms with Crippen LogP contribution in [0.2, 0.25) is 0 Å². The van der Waals surface area contributed by atoms with Gasteiger partial charge in [0.05, 0.1) is 6.42 Å². The molecule has 0 aliphatic carbocycles. The number of urea groups is 1. The summed E-state index contributed by atoms with van der Waals surface area (Å²) in [6.45, 7) is 2.58. The lowest BCUT2D eigenvalue weighted by Gasteiger charge is -2.34. The highest BCUT2D eigenvalue weighted by Gasteiger charge is 2.28. The summed E-state index contributed by atoms with van der Waals surface area (Å²) in [4.78, 5) is 24.9. The molecule has 1 aromatic carbocycles. The molecule has 1 aliphatic heterocycles. The van der Waals surface area contributed by atoms with E-state index in [1.807, 2.05) is 25.1 Å². The topological polar surface area (TPSA) is 69.6 Å². The molecule has 2 amide bonds. The number of hydrogen-bond donors (Lipinski definition) is 2. The zero-order valence-corrected chi connectivity index (χ0v) is 13.5. The summed E-state index contributed by atoms with van der Waals surface area (Å²) in [6.07, 6.45) is 2.64. The molecule has 1 aliphatic rings. The average Bonchev–Trinajstić information content (AvgIpc) is 2.43. The van der Waals surface area contributed by atoms with Gasteiger partial charge in [0.15, 0.2) is 0 Å². The zero-order chi connectivity index (χ0) is 15.4. The summed E-state index contributed by atoms with van der Waals surface area (Å²) in [7, 11) is 0. The number of carboxylic acid groups (broad SMARTS) is 1. The maximum Gasteiger partial charge on any atom is 0.322 e. The lowest BCUT2D eigenvalue weighted by molar-refractivity contribution is -0.138. The Labute approximate surface area is 132 Å². The smallest absolute Gasteiger partial charge is 0.322 e. The standard InChI is InChI=1S/C15H19BrN2O3/c1-10-5-6-11(8-13(10)16)17-15(21)18-7-3-2-4-12(18)9-14(19)20/h5-6,8,12H,2-4,7,9H2,1H3,(H,17,21)(H,19,20). The molecule has 0 aromatic heterocycles. The highest BCUT2D eigenvalue weighted by atomic mass is 79.9. The van der Waals surface area contributed by atoms with E-state index in [0.717, 1.165) is 29.3 Å². The van der Waals surface area contributed by atoms with Crippen molar-refractivity contribution in [2.75, 3.05) is 11.9 Å². The highest BCUT2D eigenvalue weighted by Crippen LogP contribution is 2.23. The molecule has 1 fully saturated rings. The van der Waals surface area contributed by atoms with Gasteiger partial charge in [-0.25, -0.2) is 4.79 Å². The first-order chi connectivity index (χ1) is 9.97. The van der Waals surface area contributed by atoms with Crippen molar-refractivity contribution in [2.24, 2.45) is 0 Å². The number of aryl methyl sites for hydroxylation is 1. The normalized spacial score (nSPS) is 18.4. The largest absolute Gasteiger partial charge is 0.481 e. The minimum Gasteiger partial charge on any atom is -0.481 e. The van der Waals surface area contributed by atoms with Crippen LogP contribution in [0.1, 0.15) is 31.2 Å². The Morgan fingerprint density at radius 2 is 2.19 bits per heavy atom. The summed E-state index contributed by atoms with van der Waals surface area (Å²) < 4.78 is 0.932.